The number of nitrogens with one attached hydrogen (secondary N) is 1. The maximum atomic E-state index is 13.8. The molecular formula is C22H25FN2O4. The Balaban J connectivity index is 1.54. The maximum absolute atomic E-state index is 13.8. The molecule has 1 aliphatic rings. The lowest BCUT2D eigenvalue weighted by Gasteiger charge is -2.32. The molecule has 0 atom stereocenters. The Kier molecular flexibility index (Phi) is 6.69. The average molecular weight is 400 g/mol. The van der Waals surface area contributed by atoms with Crippen molar-refractivity contribution in [2.75, 3.05) is 27.3 Å². The first kappa shape index (κ1) is 20.6. The van der Waals surface area contributed by atoms with E-state index in [0.29, 0.717) is 37.4 Å². The van der Waals surface area contributed by atoms with Gasteiger partial charge in [0.05, 0.1) is 26.2 Å². The minimum atomic E-state index is -0.514. The van der Waals surface area contributed by atoms with E-state index in [1.165, 1.54) is 12.1 Å². The highest BCUT2D eigenvalue weighted by atomic mass is 19.1. The van der Waals surface area contributed by atoms with E-state index in [-0.39, 0.29) is 29.8 Å². The van der Waals surface area contributed by atoms with E-state index >= 15 is 0 Å². The predicted octanol–water partition coefficient (Wildman–Crippen LogP) is 2.81. The molecule has 0 aliphatic carbocycles. The Bertz CT molecular complexity index is 879. The van der Waals surface area contributed by atoms with Gasteiger partial charge in [-0.05, 0) is 43.2 Å². The fourth-order valence-corrected chi connectivity index (χ4v) is 3.50. The third kappa shape index (κ3) is 5.04. The van der Waals surface area contributed by atoms with Crippen LogP contribution in [-0.4, -0.2) is 50.1 Å². The average Bonchev–Trinajstić information content (AvgIpc) is 2.74. The van der Waals surface area contributed by atoms with Gasteiger partial charge >= 0.3 is 0 Å². The molecule has 0 unspecified atom stereocenters. The Hall–Kier alpha value is -3.09. The molecule has 1 N–H and O–H groups in total. The number of hydrogen-bond donors (Lipinski definition) is 1. The molecule has 3 rings (SSSR count). The Morgan fingerprint density at radius 2 is 1.83 bits per heavy atom. The number of piperidine rings is 1. The SMILES string of the molecule is COc1ccc(OC)c(CC(=O)NC2CCN(C(=O)c3ccccc3F)CC2)c1. The van der Waals surface area contributed by atoms with Crippen molar-refractivity contribution in [1.29, 1.82) is 0 Å². The van der Waals surface area contributed by atoms with E-state index in [1.54, 1.807) is 49.5 Å². The molecule has 2 amide bonds. The topological polar surface area (TPSA) is 67.9 Å². The minimum absolute atomic E-state index is 0.0243. The van der Waals surface area contributed by atoms with E-state index in [0.717, 1.165) is 5.56 Å². The van der Waals surface area contributed by atoms with Gasteiger partial charge in [-0.3, -0.25) is 9.59 Å². The van der Waals surface area contributed by atoms with Crippen molar-refractivity contribution in [2.45, 2.75) is 25.3 Å². The van der Waals surface area contributed by atoms with E-state index in [2.05, 4.69) is 5.32 Å². The number of ether oxygens (including phenoxy) is 2. The van der Waals surface area contributed by atoms with Gasteiger partial charge in [-0.15, -0.1) is 0 Å². The molecule has 0 saturated carbocycles. The van der Waals surface area contributed by atoms with Crippen molar-refractivity contribution in [2.24, 2.45) is 0 Å². The molecule has 1 heterocycles. The van der Waals surface area contributed by atoms with Crippen LogP contribution in [0.15, 0.2) is 42.5 Å². The number of likely N-dealkylation sites (tertiary alicyclic amines) is 1. The van der Waals surface area contributed by atoms with E-state index in [1.807, 2.05) is 0 Å². The van der Waals surface area contributed by atoms with E-state index < -0.39 is 5.82 Å². The number of carbonyl (C=O) groups is 2. The highest BCUT2D eigenvalue weighted by Crippen LogP contribution is 2.24. The summed E-state index contributed by atoms with van der Waals surface area (Å²) in [6, 6.07) is 11.3. The van der Waals surface area contributed by atoms with Gasteiger partial charge in [-0.25, -0.2) is 4.39 Å². The number of nitrogens with zero attached hydrogens (tertiary/aromatic N) is 1. The van der Waals surface area contributed by atoms with Crippen molar-refractivity contribution in [3.8, 4) is 11.5 Å². The minimum Gasteiger partial charge on any atom is -0.497 e. The number of halogens is 1. The van der Waals surface area contributed by atoms with Gasteiger partial charge in [0.25, 0.3) is 5.91 Å². The van der Waals surface area contributed by atoms with Gasteiger partial charge in [0.2, 0.25) is 5.91 Å². The number of amides is 2. The first-order valence-electron chi connectivity index (χ1n) is 9.56. The molecule has 2 aromatic carbocycles. The van der Waals surface area contributed by atoms with Crippen molar-refractivity contribution >= 4 is 11.8 Å². The normalized spacial score (nSPS) is 14.4. The second-order valence-electron chi connectivity index (χ2n) is 6.97. The van der Waals surface area contributed by atoms with Crippen molar-refractivity contribution in [3.05, 3.63) is 59.4 Å². The summed E-state index contributed by atoms with van der Waals surface area (Å²) >= 11 is 0. The molecule has 1 saturated heterocycles. The summed E-state index contributed by atoms with van der Waals surface area (Å²) < 4.78 is 24.4. The molecule has 1 aliphatic heterocycles. The third-order valence-corrected chi connectivity index (χ3v) is 5.09. The number of benzene rings is 2. The summed E-state index contributed by atoms with van der Waals surface area (Å²) in [4.78, 5) is 26.6. The quantitative estimate of drug-likeness (QED) is 0.810. The fraction of sp³-hybridized carbons (Fsp3) is 0.364. The van der Waals surface area contributed by atoms with Crippen LogP contribution in [0.1, 0.15) is 28.8 Å². The summed E-state index contributed by atoms with van der Waals surface area (Å²) in [5.74, 6) is 0.351. The van der Waals surface area contributed by atoms with Crippen LogP contribution < -0.4 is 14.8 Å². The second-order valence-corrected chi connectivity index (χ2v) is 6.97. The van der Waals surface area contributed by atoms with Gasteiger partial charge in [0.15, 0.2) is 0 Å². The smallest absolute Gasteiger partial charge is 0.256 e. The van der Waals surface area contributed by atoms with Crippen molar-refractivity contribution in [1.82, 2.24) is 10.2 Å². The van der Waals surface area contributed by atoms with Crippen LogP contribution in [0.3, 0.4) is 0 Å². The van der Waals surface area contributed by atoms with Crippen LogP contribution >= 0.6 is 0 Å². The van der Waals surface area contributed by atoms with Gasteiger partial charge in [0.1, 0.15) is 17.3 Å². The first-order valence-corrected chi connectivity index (χ1v) is 9.56. The molecule has 0 aromatic heterocycles. The monoisotopic (exact) mass is 400 g/mol. The molecule has 0 bridgehead atoms. The Labute approximate surface area is 169 Å². The summed E-state index contributed by atoms with van der Waals surface area (Å²) in [5.41, 5.74) is 0.830. The standard InChI is InChI=1S/C22H25FN2O4/c1-28-17-7-8-20(29-2)15(13-17)14-21(26)24-16-9-11-25(12-10-16)22(27)18-5-3-4-6-19(18)23/h3-8,13,16H,9-12,14H2,1-2H3,(H,24,26). The van der Waals surface area contributed by atoms with Gasteiger partial charge < -0.3 is 19.7 Å². The number of carbonyl (C=O) groups excluding carboxylic acids is 2. The molecule has 7 heteroatoms. The zero-order valence-electron chi connectivity index (χ0n) is 16.6. The largest absolute Gasteiger partial charge is 0.497 e. The lowest BCUT2D eigenvalue weighted by atomic mass is 10.0. The molecule has 2 aromatic rings. The Morgan fingerprint density at radius 3 is 2.48 bits per heavy atom. The van der Waals surface area contributed by atoms with Crippen molar-refractivity contribution in [3.63, 3.8) is 0 Å². The molecule has 6 nitrogen and oxygen atoms in total. The molecule has 29 heavy (non-hydrogen) atoms. The summed E-state index contributed by atoms with van der Waals surface area (Å²) in [5, 5.41) is 3.02. The van der Waals surface area contributed by atoms with Gasteiger partial charge in [-0.1, -0.05) is 12.1 Å². The van der Waals surface area contributed by atoms with Crippen LogP contribution in [0.5, 0.6) is 11.5 Å². The van der Waals surface area contributed by atoms with Crippen LogP contribution in [0.25, 0.3) is 0 Å². The van der Waals surface area contributed by atoms with Crippen molar-refractivity contribution < 1.29 is 23.5 Å². The van der Waals surface area contributed by atoms with Gasteiger partial charge in [0, 0.05) is 24.7 Å². The summed E-state index contributed by atoms with van der Waals surface area (Å²) in [6.45, 7) is 0.946. The lowest BCUT2D eigenvalue weighted by molar-refractivity contribution is -0.121. The molecular weight excluding hydrogens is 375 g/mol. The van der Waals surface area contributed by atoms with Gasteiger partial charge in [-0.2, -0.15) is 0 Å². The zero-order valence-corrected chi connectivity index (χ0v) is 16.6. The maximum Gasteiger partial charge on any atom is 0.256 e. The fourth-order valence-electron chi connectivity index (χ4n) is 3.50. The zero-order chi connectivity index (χ0) is 20.8. The molecule has 1 fully saturated rings. The Morgan fingerprint density at radius 1 is 1.10 bits per heavy atom. The number of rotatable bonds is 6. The van der Waals surface area contributed by atoms with Crippen LogP contribution in [0.2, 0.25) is 0 Å². The third-order valence-electron chi connectivity index (χ3n) is 5.09. The van der Waals surface area contributed by atoms with Crippen LogP contribution in [0.4, 0.5) is 4.39 Å². The lowest BCUT2D eigenvalue weighted by Crippen LogP contribution is -2.47. The molecule has 154 valence electrons. The number of methoxy groups -OCH3 is 2. The summed E-state index contributed by atoms with van der Waals surface area (Å²) in [7, 11) is 3.13. The molecule has 0 radical (unpaired) electrons. The van der Waals surface area contributed by atoms with Crippen LogP contribution in [0, 0.1) is 5.82 Å². The number of hydrogen-bond acceptors (Lipinski definition) is 4. The van der Waals surface area contributed by atoms with E-state index in [4.69, 9.17) is 9.47 Å². The van der Waals surface area contributed by atoms with Crippen LogP contribution in [-0.2, 0) is 11.2 Å². The predicted molar refractivity (Wildman–Crippen MR) is 107 cm³/mol. The summed E-state index contributed by atoms with van der Waals surface area (Å²) in [6.07, 6.45) is 1.43. The highest BCUT2D eigenvalue weighted by Gasteiger charge is 2.26. The molecule has 0 spiro atoms. The second kappa shape index (κ2) is 9.41. The van der Waals surface area contributed by atoms with E-state index in [9.17, 15) is 14.0 Å². The highest BCUT2D eigenvalue weighted by molar-refractivity contribution is 5.94. The first-order chi connectivity index (χ1) is 14.0.